The van der Waals surface area contributed by atoms with Crippen molar-refractivity contribution in [3.63, 3.8) is 0 Å². The summed E-state index contributed by atoms with van der Waals surface area (Å²) in [6.45, 7) is 11.6. The summed E-state index contributed by atoms with van der Waals surface area (Å²) in [6.07, 6.45) is -1.29. The number of alkyl halides is 3. The molecule has 3 aromatic heterocycles. The zero-order chi connectivity index (χ0) is 29.8. The Morgan fingerprint density at radius 3 is 2.56 bits per heavy atom. The predicted octanol–water partition coefficient (Wildman–Crippen LogP) is 4.36. The normalized spacial score (nSPS) is 14.7. The molecule has 1 atom stereocenters. The number of anilines is 2. The largest absolute Gasteiger partial charge is 0.419 e. The fourth-order valence-electron chi connectivity index (χ4n) is 4.03. The van der Waals surface area contributed by atoms with Gasteiger partial charge in [0.1, 0.15) is 11.2 Å². The van der Waals surface area contributed by atoms with E-state index in [-0.39, 0.29) is 30.9 Å². The molecule has 16 heteroatoms. The fraction of sp³-hybridized carbons (Fsp3) is 0.560. The van der Waals surface area contributed by atoms with Gasteiger partial charge in [0.25, 0.3) is 5.56 Å². The zero-order valence-corrected chi connectivity index (χ0v) is 26.0. The Balaban J connectivity index is 1.24. The molecule has 0 aliphatic carbocycles. The van der Waals surface area contributed by atoms with Crippen molar-refractivity contribution in [3.05, 3.63) is 56.4 Å². The van der Waals surface area contributed by atoms with Crippen LogP contribution >= 0.6 is 15.9 Å². The molecule has 0 bridgehead atoms. The van der Waals surface area contributed by atoms with E-state index >= 15 is 0 Å². The SMILES string of the molecule is C[C@@H](COCc1cc2n(n1)CCN(c1ncc(C(F)(F)F)cn1)C2)Nc1cnn(COCC[Si](C)(C)C)c(=O)c1Br. The first-order valence-electron chi connectivity index (χ1n) is 13.2. The standard InChI is InChI=1S/C25H34BrF3N8O3Si/c1-17(33-21-12-32-37(23(38)22(21)26)16-39-7-8-41(2,3)4)14-40-15-19-9-20-13-35(5-6-36(20)34-19)24-30-10-18(11-31-24)25(27,28)29/h9-12,17,33H,5-8,13-16H2,1-4H3/t17-/m0/s1. The molecular formula is C25H34BrF3N8O3Si. The van der Waals surface area contributed by atoms with Crippen LogP contribution in [0, 0.1) is 0 Å². The van der Waals surface area contributed by atoms with E-state index in [1.807, 2.05) is 22.6 Å². The van der Waals surface area contributed by atoms with E-state index in [2.05, 4.69) is 61.1 Å². The molecule has 11 nitrogen and oxygen atoms in total. The molecule has 224 valence electrons. The minimum atomic E-state index is -4.47. The lowest BCUT2D eigenvalue weighted by Crippen LogP contribution is -2.35. The maximum absolute atomic E-state index is 12.8. The third kappa shape index (κ3) is 8.59. The van der Waals surface area contributed by atoms with Crippen LogP contribution < -0.4 is 15.8 Å². The molecule has 4 heterocycles. The zero-order valence-electron chi connectivity index (χ0n) is 23.4. The Kier molecular flexibility index (Phi) is 9.87. The minimum absolute atomic E-state index is 0.102. The molecule has 41 heavy (non-hydrogen) atoms. The van der Waals surface area contributed by atoms with Crippen LogP contribution in [-0.2, 0) is 42.1 Å². The van der Waals surface area contributed by atoms with Crippen LogP contribution in [0.1, 0.15) is 23.9 Å². The van der Waals surface area contributed by atoms with Gasteiger partial charge >= 0.3 is 6.18 Å². The van der Waals surface area contributed by atoms with Crippen molar-refractivity contribution in [2.24, 2.45) is 0 Å². The van der Waals surface area contributed by atoms with Crippen molar-refractivity contribution in [2.45, 2.75) is 71.3 Å². The molecular weight excluding hydrogens is 625 g/mol. The first-order valence-corrected chi connectivity index (χ1v) is 17.7. The summed E-state index contributed by atoms with van der Waals surface area (Å²) >= 11 is 3.37. The summed E-state index contributed by atoms with van der Waals surface area (Å²) in [5.41, 5.74) is 1.03. The second kappa shape index (κ2) is 13.0. The van der Waals surface area contributed by atoms with Crippen LogP contribution in [0.5, 0.6) is 0 Å². The van der Waals surface area contributed by atoms with Gasteiger partial charge in [-0.1, -0.05) is 19.6 Å². The van der Waals surface area contributed by atoms with Crippen LogP contribution in [-0.4, -0.2) is 63.4 Å². The average molecular weight is 660 g/mol. The van der Waals surface area contributed by atoms with Crippen molar-refractivity contribution < 1.29 is 22.6 Å². The molecule has 0 aromatic carbocycles. The molecule has 3 aromatic rings. The topological polar surface area (TPSA) is 112 Å². The van der Waals surface area contributed by atoms with Gasteiger partial charge < -0.3 is 19.7 Å². The Bertz CT molecular complexity index is 1380. The molecule has 4 rings (SSSR count). The molecule has 1 aliphatic heterocycles. The van der Waals surface area contributed by atoms with Crippen molar-refractivity contribution in [1.82, 2.24) is 29.5 Å². The van der Waals surface area contributed by atoms with E-state index in [9.17, 15) is 18.0 Å². The highest BCUT2D eigenvalue weighted by molar-refractivity contribution is 9.10. The first kappa shape index (κ1) is 31.1. The number of ether oxygens (including phenoxy) is 2. The van der Waals surface area contributed by atoms with Gasteiger partial charge in [0.15, 0.2) is 0 Å². The molecule has 0 fully saturated rings. The number of hydrogen-bond acceptors (Lipinski definition) is 9. The van der Waals surface area contributed by atoms with E-state index in [0.717, 1.165) is 29.8 Å². The monoisotopic (exact) mass is 658 g/mol. The summed E-state index contributed by atoms with van der Waals surface area (Å²) in [6, 6.07) is 2.79. The van der Waals surface area contributed by atoms with Crippen LogP contribution in [0.4, 0.5) is 24.8 Å². The Morgan fingerprint density at radius 2 is 1.88 bits per heavy atom. The van der Waals surface area contributed by atoms with Gasteiger partial charge in [-0.05, 0) is 35.0 Å². The highest BCUT2D eigenvalue weighted by atomic mass is 79.9. The number of fused-ring (bicyclic) bond motifs is 1. The molecule has 1 N–H and O–H groups in total. The number of nitrogens with zero attached hydrogens (tertiary/aromatic N) is 7. The molecule has 0 spiro atoms. The van der Waals surface area contributed by atoms with Crippen LogP contribution in [0.25, 0.3) is 0 Å². The van der Waals surface area contributed by atoms with Gasteiger partial charge in [-0.3, -0.25) is 9.48 Å². The van der Waals surface area contributed by atoms with Crippen molar-refractivity contribution in [1.29, 1.82) is 0 Å². The summed E-state index contributed by atoms with van der Waals surface area (Å²) in [5, 5.41) is 12.0. The lowest BCUT2D eigenvalue weighted by Gasteiger charge is -2.27. The smallest absolute Gasteiger partial charge is 0.378 e. The predicted molar refractivity (Wildman–Crippen MR) is 153 cm³/mol. The van der Waals surface area contributed by atoms with E-state index in [1.54, 1.807) is 6.20 Å². The van der Waals surface area contributed by atoms with E-state index in [0.29, 0.717) is 43.0 Å². The van der Waals surface area contributed by atoms with Crippen LogP contribution in [0.15, 0.2) is 33.9 Å². The van der Waals surface area contributed by atoms with Crippen molar-refractivity contribution in [3.8, 4) is 0 Å². The summed E-state index contributed by atoms with van der Waals surface area (Å²) < 4.78 is 53.4. The quantitative estimate of drug-likeness (QED) is 0.224. The number of halogens is 4. The van der Waals surface area contributed by atoms with Crippen LogP contribution in [0.2, 0.25) is 25.7 Å². The average Bonchev–Trinajstić information content (AvgIpc) is 3.31. The lowest BCUT2D eigenvalue weighted by atomic mass is 10.3. The summed E-state index contributed by atoms with van der Waals surface area (Å²) in [4.78, 5) is 22.3. The number of rotatable bonds is 12. The second-order valence-electron chi connectivity index (χ2n) is 11.1. The van der Waals surface area contributed by atoms with E-state index < -0.39 is 19.8 Å². The Morgan fingerprint density at radius 1 is 1.15 bits per heavy atom. The Hall–Kier alpha value is -2.82. The molecule has 0 amide bonds. The van der Waals surface area contributed by atoms with Gasteiger partial charge in [0.2, 0.25) is 5.95 Å². The molecule has 0 saturated carbocycles. The number of nitrogens with one attached hydrogen (secondary N) is 1. The third-order valence-corrected chi connectivity index (χ3v) is 8.78. The van der Waals surface area contributed by atoms with Crippen LogP contribution in [0.3, 0.4) is 0 Å². The highest BCUT2D eigenvalue weighted by Gasteiger charge is 2.32. The summed E-state index contributed by atoms with van der Waals surface area (Å²) in [5.74, 6) is 0.242. The lowest BCUT2D eigenvalue weighted by molar-refractivity contribution is -0.138. The van der Waals surface area contributed by atoms with Gasteiger partial charge in [-0.25, -0.2) is 14.6 Å². The van der Waals surface area contributed by atoms with Gasteiger partial charge in [-0.15, -0.1) is 0 Å². The number of hydrogen-bond donors (Lipinski definition) is 1. The first-order chi connectivity index (χ1) is 19.3. The fourth-order valence-corrected chi connectivity index (χ4v) is 5.21. The Labute approximate surface area is 245 Å². The number of aromatic nitrogens is 6. The van der Waals surface area contributed by atoms with Gasteiger partial charge in [-0.2, -0.15) is 23.4 Å². The molecule has 0 radical (unpaired) electrons. The van der Waals surface area contributed by atoms with Gasteiger partial charge in [0, 0.05) is 39.7 Å². The van der Waals surface area contributed by atoms with Crippen molar-refractivity contribution in [2.75, 3.05) is 30.0 Å². The van der Waals surface area contributed by atoms with Gasteiger partial charge in [0.05, 0.1) is 55.1 Å². The van der Waals surface area contributed by atoms with E-state index in [4.69, 9.17) is 9.47 Å². The second-order valence-corrected chi connectivity index (χ2v) is 17.5. The molecule has 0 saturated heterocycles. The third-order valence-electron chi connectivity index (χ3n) is 6.31. The van der Waals surface area contributed by atoms with Crippen molar-refractivity contribution >= 4 is 35.6 Å². The summed E-state index contributed by atoms with van der Waals surface area (Å²) in [7, 11) is -1.21. The maximum Gasteiger partial charge on any atom is 0.419 e. The highest BCUT2D eigenvalue weighted by Crippen LogP contribution is 2.29. The maximum atomic E-state index is 12.8. The molecule has 0 unspecified atom stereocenters. The minimum Gasteiger partial charge on any atom is -0.378 e. The molecule has 1 aliphatic rings. The van der Waals surface area contributed by atoms with E-state index in [1.165, 1.54) is 4.68 Å².